The molecule has 0 saturated heterocycles. The molecule has 32 heavy (non-hydrogen) atoms. The summed E-state index contributed by atoms with van der Waals surface area (Å²) in [6.07, 6.45) is 16.1. The first-order valence-electron chi connectivity index (χ1n) is 13.1. The second kappa shape index (κ2) is 11.2. The van der Waals surface area contributed by atoms with E-state index in [1.54, 1.807) is 0 Å². The maximum atomic E-state index is 11.0. The number of hydrogen-bond acceptors (Lipinski definition) is 3. The molecule has 4 aliphatic rings. The molecule has 0 radical (unpaired) electrons. The summed E-state index contributed by atoms with van der Waals surface area (Å²) < 4.78 is 27.2. The molecule has 4 aliphatic carbocycles. The predicted molar refractivity (Wildman–Crippen MR) is 127 cm³/mol. The molecule has 1 unspecified atom stereocenters. The van der Waals surface area contributed by atoms with E-state index in [0.717, 1.165) is 54.8 Å². The molecular formula is C27H45KO3S. The van der Waals surface area contributed by atoms with Gasteiger partial charge in [0.25, 0.3) is 0 Å². The van der Waals surface area contributed by atoms with Crippen molar-refractivity contribution in [2.45, 2.75) is 111 Å². The standard InChI is InChI=1S/C27H46O3S.K/c1-18(2)7-6-8-19(3)23-11-12-24-22-10-9-20-17-21(30-31(28)29)13-15-26(20,4)25(22)14-16-27(23,24)5;/h9,18-19,21-25H,6-8,10-17H2,1-5H3,(H,28,29);/q;+1/p-1/t19-,21+,22+,23-,24+,25+,26+,27-;/m1./s1. The van der Waals surface area contributed by atoms with E-state index in [2.05, 4.69) is 40.7 Å². The van der Waals surface area contributed by atoms with Crippen molar-refractivity contribution in [1.82, 2.24) is 0 Å². The molecule has 0 aromatic rings. The van der Waals surface area contributed by atoms with Crippen LogP contribution in [0.4, 0.5) is 0 Å². The molecule has 0 aromatic carbocycles. The molecule has 0 bridgehead atoms. The summed E-state index contributed by atoms with van der Waals surface area (Å²) in [7, 11) is 0. The van der Waals surface area contributed by atoms with E-state index < -0.39 is 11.4 Å². The molecule has 0 N–H and O–H groups in total. The summed E-state index contributed by atoms with van der Waals surface area (Å²) in [6.45, 7) is 12.4. The molecule has 5 heteroatoms. The first kappa shape index (κ1) is 28.0. The molecule has 0 amide bonds. The van der Waals surface area contributed by atoms with Gasteiger partial charge in [0.2, 0.25) is 0 Å². The summed E-state index contributed by atoms with van der Waals surface area (Å²) in [5.41, 5.74) is 2.28. The minimum absolute atomic E-state index is 0. The predicted octanol–water partition coefficient (Wildman–Crippen LogP) is 4.21. The van der Waals surface area contributed by atoms with Crippen LogP contribution in [0.25, 0.3) is 0 Å². The number of rotatable bonds is 7. The molecule has 0 heterocycles. The van der Waals surface area contributed by atoms with Gasteiger partial charge < -0.3 is 4.55 Å². The van der Waals surface area contributed by atoms with Crippen LogP contribution in [0.15, 0.2) is 11.6 Å². The third-order valence-electron chi connectivity index (χ3n) is 10.5. The minimum Gasteiger partial charge on any atom is -0.750 e. The van der Waals surface area contributed by atoms with Crippen molar-refractivity contribution in [2.75, 3.05) is 0 Å². The van der Waals surface area contributed by atoms with Gasteiger partial charge in [-0.25, -0.2) is 4.21 Å². The van der Waals surface area contributed by atoms with Crippen LogP contribution in [0.2, 0.25) is 0 Å². The van der Waals surface area contributed by atoms with Crippen LogP contribution in [-0.2, 0) is 15.5 Å². The summed E-state index contributed by atoms with van der Waals surface area (Å²) in [6, 6.07) is 0. The summed E-state index contributed by atoms with van der Waals surface area (Å²) in [5, 5.41) is 0. The number of hydrogen-bond donors (Lipinski definition) is 0. The van der Waals surface area contributed by atoms with Crippen LogP contribution >= 0.6 is 0 Å². The smallest absolute Gasteiger partial charge is 0.750 e. The van der Waals surface area contributed by atoms with Gasteiger partial charge in [0.1, 0.15) is 0 Å². The first-order chi connectivity index (χ1) is 14.6. The van der Waals surface area contributed by atoms with Crippen LogP contribution < -0.4 is 51.4 Å². The van der Waals surface area contributed by atoms with E-state index >= 15 is 0 Å². The fourth-order valence-electron chi connectivity index (χ4n) is 8.85. The quantitative estimate of drug-likeness (QED) is 0.306. The Morgan fingerprint density at radius 1 is 1.09 bits per heavy atom. The van der Waals surface area contributed by atoms with Gasteiger partial charge in [0, 0.05) is 0 Å². The van der Waals surface area contributed by atoms with Crippen molar-refractivity contribution in [1.29, 1.82) is 0 Å². The van der Waals surface area contributed by atoms with Gasteiger partial charge in [-0.3, -0.25) is 4.18 Å². The zero-order chi connectivity index (χ0) is 22.4. The molecule has 3 nitrogen and oxygen atoms in total. The Balaban J connectivity index is 0.00000289. The Morgan fingerprint density at radius 3 is 2.53 bits per heavy atom. The van der Waals surface area contributed by atoms with Crippen molar-refractivity contribution >= 4 is 11.4 Å². The van der Waals surface area contributed by atoms with E-state index in [4.69, 9.17) is 4.18 Å². The maximum absolute atomic E-state index is 11.0. The average molecular weight is 489 g/mol. The number of fused-ring (bicyclic) bond motifs is 5. The van der Waals surface area contributed by atoms with Crippen LogP contribution in [0, 0.1) is 46.3 Å². The summed E-state index contributed by atoms with van der Waals surface area (Å²) in [4.78, 5) is 0. The molecular weight excluding hydrogens is 443 g/mol. The molecule has 4 rings (SSSR count). The number of allylic oxidation sites excluding steroid dienone is 1. The average Bonchev–Trinajstić information content (AvgIpc) is 3.05. The van der Waals surface area contributed by atoms with Gasteiger partial charge >= 0.3 is 51.4 Å². The van der Waals surface area contributed by atoms with Gasteiger partial charge in [-0.1, -0.05) is 65.5 Å². The third-order valence-corrected chi connectivity index (χ3v) is 10.9. The zero-order valence-corrected chi connectivity index (χ0v) is 25.5. The zero-order valence-electron chi connectivity index (χ0n) is 21.5. The van der Waals surface area contributed by atoms with Crippen LogP contribution in [0.1, 0.15) is 105 Å². The largest absolute Gasteiger partial charge is 1.00 e. The SMILES string of the molecule is CC(C)CCC[C@@H](C)[C@H]1CC[C@H]2[C@@H]3CC=C4C[C@@H](OS(=O)[O-])CC[C@]4(C)[C@H]3CC[C@]12C.[K+]. The topological polar surface area (TPSA) is 49.4 Å². The maximum Gasteiger partial charge on any atom is 1.00 e. The summed E-state index contributed by atoms with van der Waals surface area (Å²) >= 11 is -2.40. The van der Waals surface area contributed by atoms with Crippen molar-refractivity contribution < 1.29 is 64.3 Å². The Hall–Kier alpha value is 1.45. The fraction of sp³-hybridized carbons (Fsp3) is 0.926. The minimum atomic E-state index is -2.40. The van der Waals surface area contributed by atoms with Crippen molar-refractivity contribution in [2.24, 2.45) is 46.3 Å². The van der Waals surface area contributed by atoms with Crippen molar-refractivity contribution in [3.8, 4) is 0 Å². The van der Waals surface area contributed by atoms with Crippen molar-refractivity contribution in [3.63, 3.8) is 0 Å². The third kappa shape index (κ3) is 5.40. The molecule has 0 aliphatic heterocycles. The van der Waals surface area contributed by atoms with Crippen LogP contribution in [0.3, 0.4) is 0 Å². The Labute approximate surface area is 242 Å². The van der Waals surface area contributed by atoms with E-state index in [9.17, 15) is 8.76 Å². The van der Waals surface area contributed by atoms with E-state index in [0.29, 0.717) is 5.41 Å². The molecule has 0 aromatic heterocycles. The first-order valence-corrected chi connectivity index (χ1v) is 14.1. The molecule has 178 valence electrons. The Kier molecular flexibility index (Phi) is 9.84. The summed E-state index contributed by atoms with van der Waals surface area (Å²) in [5.74, 6) is 5.07. The molecule has 3 fully saturated rings. The van der Waals surface area contributed by atoms with E-state index in [-0.39, 0.29) is 62.9 Å². The Morgan fingerprint density at radius 2 is 1.84 bits per heavy atom. The second-order valence-corrected chi connectivity index (χ2v) is 13.1. The monoisotopic (exact) mass is 488 g/mol. The van der Waals surface area contributed by atoms with Crippen LogP contribution in [0.5, 0.6) is 0 Å². The van der Waals surface area contributed by atoms with Gasteiger partial charge in [0.05, 0.1) is 17.5 Å². The fourth-order valence-corrected chi connectivity index (χ4v) is 9.23. The molecule has 3 saturated carbocycles. The Bertz CT molecular complexity index is 709. The van der Waals surface area contributed by atoms with Gasteiger partial charge in [-0.15, -0.1) is 0 Å². The van der Waals surface area contributed by atoms with Gasteiger partial charge in [0.15, 0.2) is 0 Å². The van der Waals surface area contributed by atoms with Crippen LogP contribution in [-0.4, -0.2) is 14.9 Å². The van der Waals surface area contributed by atoms with Gasteiger partial charge in [-0.2, -0.15) is 0 Å². The van der Waals surface area contributed by atoms with Crippen molar-refractivity contribution in [3.05, 3.63) is 11.6 Å². The molecule has 9 atom stereocenters. The van der Waals surface area contributed by atoms with Gasteiger partial charge in [-0.05, 0) is 97.7 Å². The normalized spacial score (nSPS) is 42.8. The second-order valence-electron chi connectivity index (χ2n) is 12.5. The molecule has 0 spiro atoms. The van der Waals surface area contributed by atoms with E-state index in [1.165, 1.54) is 56.9 Å². The van der Waals surface area contributed by atoms with E-state index in [1.807, 2.05) is 0 Å².